The van der Waals surface area contributed by atoms with E-state index in [4.69, 9.17) is 14.7 Å². The predicted octanol–water partition coefficient (Wildman–Crippen LogP) is 4.23. The van der Waals surface area contributed by atoms with E-state index in [1.807, 2.05) is 67.6 Å². The summed E-state index contributed by atoms with van der Waals surface area (Å²) in [5, 5.41) is 12.9. The van der Waals surface area contributed by atoms with Crippen LogP contribution < -0.4 is 14.9 Å². The topological polar surface area (TPSA) is 83.7 Å². The third-order valence-corrected chi connectivity index (χ3v) is 4.39. The molecule has 0 aliphatic carbocycles. The quantitative estimate of drug-likeness (QED) is 0.420. The molecule has 0 bridgehead atoms. The van der Waals surface area contributed by atoms with Gasteiger partial charge in [-0.2, -0.15) is 10.4 Å². The summed E-state index contributed by atoms with van der Waals surface area (Å²) in [4.78, 5) is 12.2. The van der Waals surface area contributed by atoms with Gasteiger partial charge in [-0.1, -0.05) is 36.4 Å². The number of hydrazone groups is 1. The Morgan fingerprint density at radius 1 is 1.00 bits per heavy atom. The molecule has 1 N–H and O–H groups in total. The van der Waals surface area contributed by atoms with Gasteiger partial charge in [0.05, 0.1) is 30.9 Å². The Morgan fingerprint density at radius 3 is 2.42 bits per heavy atom. The van der Waals surface area contributed by atoms with E-state index in [1.54, 1.807) is 18.3 Å². The fraction of sp³-hybridized carbons (Fsp3) is 0.160. The Hall–Kier alpha value is -4.11. The Bertz CT molecular complexity index is 1070. The number of rotatable bonds is 9. The summed E-state index contributed by atoms with van der Waals surface area (Å²) < 4.78 is 11.3. The number of carbonyl (C=O) groups excluding carboxylic acids is 1. The molecule has 0 unspecified atom stereocenters. The van der Waals surface area contributed by atoms with Crippen LogP contribution in [-0.2, 0) is 17.8 Å². The highest BCUT2D eigenvalue weighted by Gasteiger charge is 2.04. The number of para-hydroxylation sites is 1. The van der Waals surface area contributed by atoms with Crippen LogP contribution in [0.3, 0.4) is 0 Å². The number of nitrogens with one attached hydrogen (secondary N) is 1. The molecular weight excluding hydrogens is 390 g/mol. The molecule has 0 aliphatic heterocycles. The lowest BCUT2D eigenvalue weighted by atomic mass is 10.1. The van der Waals surface area contributed by atoms with Crippen LogP contribution in [0, 0.1) is 11.3 Å². The highest BCUT2D eigenvalue weighted by Crippen LogP contribution is 2.18. The van der Waals surface area contributed by atoms with Crippen LogP contribution in [-0.4, -0.2) is 18.7 Å². The molecule has 0 saturated heterocycles. The first-order valence-electron chi connectivity index (χ1n) is 9.92. The first kappa shape index (κ1) is 21.6. The molecule has 0 spiro atoms. The Labute approximate surface area is 181 Å². The van der Waals surface area contributed by atoms with E-state index in [0.717, 1.165) is 22.4 Å². The van der Waals surface area contributed by atoms with Gasteiger partial charge in [-0.05, 0) is 54.4 Å². The van der Waals surface area contributed by atoms with Gasteiger partial charge in [-0.25, -0.2) is 5.43 Å². The molecule has 0 heterocycles. The van der Waals surface area contributed by atoms with Gasteiger partial charge in [0.2, 0.25) is 5.91 Å². The molecule has 3 rings (SSSR count). The van der Waals surface area contributed by atoms with Gasteiger partial charge in [0.15, 0.2) is 0 Å². The smallest absolute Gasteiger partial charge is 0.244 e. The second-order valence-corrected chi connectivity index (χ2v) is 6.68. The number of carbonyl (C=O) groups is 1. The Balaban J connectivity index is 1.54. The zero-order valence-electron chi connectivity index (χ0n) is 17.2. The van der Waals surface area contributed by atoms with Crippen LogP contribution in [0.25, 0.3) is 0 Å². The average molecular weight is 413 g/mol. The van der Waals surface area contributed by atoms with E-state index in [0.29, 0.717) is 24.5 Å². The van der Waals surface area contributed by atoms with Crippen LogP contribution in [0.1, 0.15) is 29.2 Å². The Kier molecular flexibility index (Phi) is 7.78. The first-order valence-corrected chi connectivity index (χ1v) is 9.92. The molecule has 156 valence electrons. The molecule has 0 fully saturated rings. The molecule has 0 atom stereocenters. The molecular formula is C25H23N3O3. The van der Waals surface area contributed by atoms with Crippen molar-refractivity contribution in [1.29, 1.82) is 5.26 Å². The van der Waals surface area contributed by atoms with Crippen LogP contribution in [0.2, 0.25) is 0 Å². The van der Waals surface area contributed by atoms with E-state index in [1.165, 1.54) is 0 Å². The molecule has 6 heteroatoms. The molecule has 3 aromatic carbocycles. The summed E-state index contributed by atoms with van der Waals surface area (Å²) >= 11 is 0. The zero-order chi connectivity index (χ0) is 21.9. The van der Waals surface area contributed by atoms with Crippen LogP contribution in [0.5, 0.6) is 11.5 Å². The van der Waals surface area contributed by atoms with Crippen molar-refractivity contribution in [3.8, 4) is 17.6 Å². The zero-order valence-corrected chi connectivity index (χ0v) is 17.2. The molecule has 0 aromatic heterocycles. The van der Waals surface area contributed by atoms with Crippen molar-refractivity contribution in [3.05, 3.63) is 95.1 Å². The fourth-order valence-corrected chi connectivity index (χ4v) is 2.82. The van der Waals surface area contributed by atoms with E-state index >= 15 is 0 Å². The summed E-state index contributed by atoms with van der Waals surface area (Å²) in [7, 11) is 0. The van der Waals surface area contributed by atoms with Crippen molar-refractivity contribution >= 4 is 12.1 Å². The van der Waals surface area contributed by atoms with Gasteiger partial charge in [0.1, 0.15) is 18.1 Å². The third-order valence-electron chi connectivity index (χ3n) is 4.39. The van der Waals surface area contributed by atoms with Crippen molar-refractivity contribution in [2.45, 2.75) is 20.0 Å². The van der Waals surface area contributed by atoms with Gasteiger partial charge >= 0.3 is 0 Å². The minimum atomic E-state index is -0.212. The molecule has 1 amide bonds. The number of nitrogens with zero attached hydrogens (tertiary/aromatic N) is 2. The number of nitriles is 1. The number of hydrogen-bond donors (Lipinski definition) is 1. The average Bonchev–Trinajstić information content (AvgIpc) is 2.80. The molecule has 0 saturated carbocycles. The maximum Gasteiger partial charge on any atom is 0.244 e. The van der Waals surface area contributed by atoms with E-state index < -0.39 is 0 Å². The van der Waals surface area contributed by atoms with Crippen LogP contribution in [0.4, 0.5) is 0 Å². The lowest BCUT2D eigenvalue weighted by Crippen LogP contribution is -2.19. The Morgan fingerprint density at radius 2 is 1.71 bits per heavy atom. The highest BCUT2D eigenvalue weighted by molar-refractivity contribution is 5.85. The van der Waals surface area contributed by atoms with Crippen molar-refractivity contribution in [2.24, 2.45) is 5.10 Å². The second-order valence-electron chi connectivity index (χ2n) is 6.68. The van der Waals surface area contributed by atoms with Gasteiger partial charge in [-0.3, -0.25) is 4.79 Å². The summed E-state index contributed by atoms with van der Waals surface area (Å²) in [5.74, 6) is 1.22. The summed E-state index contributed by atoms with van der Waals surface area (Å²) in [6, 6.07) is 24.2. The summed E-state index contributed by atoms with van der Waals surface area (Å²) in [5.41, 5.74) is 5.73. The lowest BCUT2D eigenvalue weighted by Gasteiger charge is -2.09. The third kappa shape index (κ3) is 6.72. The van der Waals surface area contributed by atoms with Crippen molar-refractivity contribution in [3.63, 3.8) is 0 Å². The van der Waals surface area contributed by atoms with Crippen molar-refractivity contribution in [1.82, 2.24) is 5.43 Å². The molecule has 0 aliphatic rings. The minimum absolute atomic E-state index is 0.212. The van der Waals surface area contributed by atoms with E-state index in [2.05, 4.69) is 16.6 Å². The highest BCUT2D eigenvalue weighted by atomic mass is 16.5. The number of ether oxygens (including phenoxy) is 2. The van der Waals surface area contributed by atoms with Gasteiger partial charge in [0.25, 0.3) is 0 Å². The van der Waals surface area contributed by atoms with Gasteiger partial charge in [-0.15, -0.1) is 0 Å². The molecule has 6 nitrogen and oxygen atoms in total. The maximum atomic E-state index is 12.2. The summed E-state index contributed by atoms with van der Waals surface area (Å²) in [6.07, 6.45) is 1.78. The van der Waals surface area contributed by atoms with Crippen molar-refractivity contribution in [2.75, 3.05) is 6.61 Å². The van der Waals surface area contributed by atoms with E-state index in [9.17, 15) is 4.79 Å². The number of hydrogen-bond acceptors (Lipinski definition) is 5. The SMILES string of the molecule is CCOc1ccc(CC(=O)N/N=C\c2ccccc2OCc2ccc(C#N)cc2)cc1. The van der Waals surface area contributed by atoms with Crippen LogP contribution >= 0.6 is 0 Å². The number of amides is 1. The van der Waals surface area contributed by atoms with E-state index in [-0.39, 0.29) is 12.3 Å². The first-order chi connectivity index (χ1) is 15.2. The largest absolute Gasteiger partial charge is 0.494 e. The standard InChI is InChI=1S/C25H23N3O3/c1-2-30-23-13-11-19(12-14-23)15-25(29)28-27-17-22-5-3-4-6-24(22)31-18-21-9-7-20(16-26)8-10-21/h3-14,17H,2,15,18H2,1H3,(H,28,29)/b27-17-. The molecule has 31 heavy (non-hydrogen) atoms. The van der Waals surface area contributed by atoms with Gasteiger partial charge < -0.3 is 9.47 Å². The second kappa shape index (κ2) is 11.2. The number of benzene rings is 3. The van der Waals surface area contributed by atoms with Crippen LogP contribution in [0.15, 0.2) is 77.9 Å². The molecule has 3 aromatic rings. The maximum absolute atomic E-state index is 12.2. The van der Waals surface area contributed by atoms with Gasteiger partial charge in [0, 0.05) is 5.56 Å². The predicted molar refractivity (Wildman–Crippen MR) is 119 cm³/mol. The summed E-state index contributed by atoms with van der Waals surface area (Å²) in [6.45, 7) is 2.89. The van der Waals surface area contributed by atoms with Crippen molar-refractivity contribution < 1.29 is 14.3 Å². The minimum Gasteiger partial charge on any atom is -0.494 e. The fourth-order valence-electron chi connectivity index (χ4n) is 2.82. The molecule has 0 radical (unpaired) electrons. The lowest BCUT2D eigenvalue weighted by molar-refractivity contribution is -0.120. The monoisotopic (exact) mass is 413 g/mol. The normalized spacial score (nSPS) is 10.5.